The van der Waals surface area contributed by atoms with Crippen LogP contribution in [0.5, 0.6) is 5.75 Å². The summed E-state index contributed by atoms with van der Waals surface area (Å²) in [5.41, 5.74) is 5.57. The fourth-order valence-corrected chi connectivity index (χ4v) is 6.01. The van der Waals surface area contributed by atoms with E-state index in [9.17, 15) is 4.79 Å². The second-order valence-corrected chi connectivity index (χ2v) is 12.1. The third-order valence-corrected chi connectivity index (χ3v) is 8.72. The first-order chi connectivity index (χ1) is 21.4. The number of ether oxygens (including phenoxy) is 1. The normalized spacial score (nSPS) is 15.0. The zero-order valence-electron chi connectivity index (χ0n) is 26.6. The number of halogens is 1. The first-order valence-corrected chi connectivity index (χ1v) is 16.3. The molecule has 1 aromatic heterocycles. The minimum Gasteiger partial charge on any atom is -0.478 e. The first kappa shape index (κ1) is 33.5. The number of amides is 1. The van der Waals surface area contributed by atoms with Gasteiger partial charge in [0, 0.05) is 47.7 Å². The highest BCUT2D eigenvalue weighted by atomic mass is 35.5. The molecule has 1 heterocycles. The van der Waals surface area contributed by atoms with Crippen molar-refractivity contribution < 1.29 is 9.53 Å². The molecule has 4 rings (SSSR count). The molecule has 236 valence electrons. The largest absolute Gasteiger partial charge is 0.478 e. The van der Waals surface area contributed by atoms with E-state index in [0.29, 0.717) is 24.3 Å². The fourth-order valence-electron chi connectivity index (χ4n) is 5.69. The predicted octanol–water partition coefficient (Wildman–Crippen LogP) is 7.49. The number of unbranched alkanes of at least 4 members (excludes halogenated alkanes) is 7. The summed E-state index contributed by atoms with van der Waals surface area (Å²) >= 11 is 6.81. The molecule has 1 aliphatic rings. The molecular weight excluding hydrogens is 570 g/mol. The number of hydrogen-bond donors (Lipinski definition) is 3. The molecule has 0 saturated carbocycles. The van der Waals surface area contributed by atoms with E-state index in [0.717, 1.165) is 46.8 Å². The van der Waals surface area contributed by atoms with Crippen LogP contribution in [0, 0.1) is 6.92 Å². The second kappa shape index (κ2) is 17.2. The Balaban J connectivity index is 1.22. The molecule has 7 nitrogen and oxygen atoms in total. The lowest BCUT2D eigenvalue weighted by Gasteiger charge is -2.25. The minimum absolute atomic E-state index is 0.0584. The van der Waals surface area contributed by atoms with E-state index >= 15 is 0 Å². The van der Waals surface area contributed by atoms with E-state index in [4.69, 9.17) is 16.3 Å². The van der Waals surface area contributed by atoms with E-state index in [-0.39, 0.29) is 18.7 Å². The number of aliphatic imine (C=N–C) groups is 1. The van der Waals surface area contributed by atoms with E-state index in [2.05, 4.69) is 62.7 Å². The van der Waals surface area contributed by atoms with Gasteiger partial charge in [-0.3, -0.25) is 15.1 Å². The SMILES string of the molecule is C=NC1=CC(c2ccc3c(ccn3C)c2)=C(Cl)CC1NCOc1ccc(C)c(C(=O)NCCCCCCCCCCNC)c1. The van der Waals surface area contributed by atoms with Gasteiger partial charge in [0.05, 0.1) is 11.7 Å². The van der Waals surface area contributed by atoms with E-state index in [1.54, 1.807) is 0 Å². The van der Waals surface area contributed by atoms with Crippen molar-refractivity contribution in [2.24, 2.45) is 12.0 Å². The fraction of sp³-hybridized carbons (Fsp3) is 0.444. The van der Waals surface area contributed by atoms with Gasteiger partial charge in [-0.25, -0.2) is 0 Å². The third-order valence-electron chi connectivity index (χ3n) is 8.36. The van der Waals surface area contributed by atoms with Gasteiger partial charge in [-0.1, -0.05) is 62.3 Å². The van der Waals surface area contributed by atoms with Crippen LogP contribution in [0.2, 0.25) is 0 Å². The maximum Gasteiger partial charge on any atom is 0.251 e. The van der Waals surface area contributed by atoms with Gasteiger partial charge in [0.25, 0.3) is 5.91 Å². The van der Waals surface area contributed by atoms with Crippen LogP contribution in [0.25, 0.3) is 16.5 Å². The van der Waals surface area contributed by atoms with Gasteiger partial charge in [-0.15, -0.1) is 0 Å². The Bertz CT molecular complexity index is 1470. The van der Waals surface area contributed by atoms with Crippen molar-refractivity contribution in [1.29, 1.82) is 0 Å². The van der Waals surface area contributed by atoms with Crippen LogP contribution in [0.4, 0.5) is 0 Å². The van der Waals surface area contributed by atoms with Crippen molar-refractivity contribution in [3.05, 3.63) is 82.2 Å². The van der Waals surface area contributed by atoms with Crippen molar-refractivity contribution in [3.63, 3.8) is 0 Å². The lowest BCUT2D eigenvalue weighted by Crippen LogP contribution is -2.35. The average molecular weight is 618 g/mol. The molecule has 1 atom stereocenters. The summed E-state index contributed by atoms with van der Waals surface area (Å²) in [5.74, 6) is 0.575. The smallest absolute Gasteiger partial charge is 0.251 e. The van der Waals surface area contributed by atoms with Crippen LogP contribution in [0.3, 0.4) is 0 Å². The van der Waals surface area contributed by atoms with Gasteiger partial charge in [0.2, 0.25) is 0 Å². The summed E-state index contributed by atoms with van der Waals surface area (Å²) in [6, 6.07) is 14.0. The van der Waals surface area contributed by atoms with Crippen LogP contribution in [0.15, 0.2) is 70.5 Å². The number of aromatic nitrogens is 1. The van der Waals surface area contributed by atoms with Crippen LogP contribution in [-0.2, 0) is 7.05 Å². The maximum atomic E-state index is 12.9. The van der Waals surface area contributed by atoms with Crippen molar-refractivity contribution in [1.82, 2.24) is 20.5 Å². The molecule has 0 spiro atoms. The second-order valence-electron chi connectivity index (χ2n) is 11.7. The highest BCUT2D eigenvalue weighted by Gasteiger charge is 2.23. The topological polar surface area (TPSA) is 79.7 Å². The molecule has 0 bridgehead atoms. The Morgan fingerprint density at radius 3 is 2.48 bits per heavy atom. The monoisotopic (exact) mass is 617 g/mol. The zero-order valence-corrected chi connectivity index (χ0v) is 27.3. The first-order valence-electron chi connectivity index (χ1n) is 15.9. The van der Waals surface area contributed by atoms with Crippen LogP contribution < -0.4 is 20.7 Å². The number of rotatable bonds is 18. The molecule has 1 amide bonds. The highest BCUT2D eigenvalue weighted by Crippen LogP contribution is 2.35. The predicted molar refractivity (Wildman–Crippen MR) is 185 cm³/mol. The van der Waals surface area contributed by atoms with Crippen LogP contribution in [-0.4, -0.2) is 50.1 Å². The quantitative estimate of drug-likeness (QED) is 0.0785. The summed E-state index contributed by atoms with van der Waals surface area (Å²) in [4.78, 5) is 17.2. The number of hydrogen-bond acceptors (Lipinski definition) is 5. The van der Waals surface area contributed by atoms with Gasteiger partial charge in [0.1, 0.15) is 12.5 Å². The Kier molecular flexibility index (Phi) is 13.1. The molecular formula is C36H48ClN5O2. The Morgan fingerprint density at radius 1 is 1.02 bits per heavy atom. The van der Waals surface area contributed by atoms with Crippen LogP contribution in [0.1, 0.15) is 79.3 Å². The molecule has 44 heavy (non-hydrogen) atoms. The molecule has 1 unspecified atom stereocenters. The molecule has 3 N–H and O–H groups in total. The lowest BCUT2D eigenvalue weighted by molar-refractivity contribution is 0.0951. The molecule has 2 aromatic carbocycles. The molecule has 0 aliphatic heterocycles. The van der Waals surface area contributed by atoms with Crippen molar-refractivity contribution >= 4 is 40.7 Å². The molecule has 0 fully saturated rings. The van der Waals surface area contributed by atoms with E-state index in [1.807, 2.05) is 45.3 Å². The van der Waals surface area contributed by atoms with Gasteiger partial charge < -0.3 is 19.9 Å². The number of allylic oxidation sites excluding steroid dienone is 2. The highest BCUT2D eigenvalue weighted by molar-refractivity contribution is 6.33. The Labute approximate surface area is 267 Å². The lowest BCUT2D eigenvalue weighted by atomic mass is 9.94. The summed E-state index contributed by atoms with van der Waals surface area (Å²) in [6.07, 6.45) is 14.5. The van der Waals surface area contributed by atoms with E-state index in [1.165, 1.54) is 49.4 Å². The zero-order chi connectivity index (χ0) is 31.3. The van der Waals surface area contributed by atoms with Crippen molar-refractivity contribution in [2.75, 3.05) is 26.9 Å². The maximum absolute atomic E-state index is 12.9. The molecule has 0 saturated heterocycles. The minimum atomic E-state index is -0.129. The van der Waals surface area contributed by atoms with E-state index < -0.39 is 0 Å². The summed E-state index contributed by atoms with van der Waals surface area (Å²) in [6.45, 7) is 7.78. The number of aryl methyl sites for hydroxylation is 2. The standard InChI is InChI=1S/C36H48ClN5O2/c1-26-13-15-29(22-30(26)36(43)40-19-12-10-8-6-5-7-9-11-18-38-2)44-25-41-34-24-32(37)31(23-33(34)39-3)27-14-16-35-28(21-27)17-20-42(35)4/h13-17,20-23,34,38,41H,3,5-12,18-19,24-25H2,1-2,4H3,(H,40,43). The molecule has 1 aliphatic carbocycles. The van der Waals surface area contributed by atoms with Gasteiger partial charge in [-0.05, 0) is 93.2 Å². The summed E-state index contributed by atoms with van der Waals surface area (Å²) in [5, 5.41) is 11.6. The Hall–Kier alpha value is -3.39. The van der Waals surface area contributed by atoms with Gasteiger partial charge in [-0.2, -0.15) is 0 Å². The molecule has 0 radical (unpaired) electrons. The van der Waals surface area contributed by atoms with Crippen LogP contribution >= 0.6 is 11.6 Å². The number of fused-ring (bicyclic) bond motifs is 1. The van der Waals surface area contributed by atoms with Gasteiger partial charge in [0.15, 0.2) is 0 Å². The number of benzene rings is 2. The van der Waals surface area contributed by atoms with Crippen molar-refractivity contribution in [2.45, 2.75) is 70.8 Å². The third kappa shape index (κ3) is 9.31. The number of nitrogens with zero attached hydrogens (tertiary/aromatic N) is 2. The molecule has 8 heteroatoms. The molecule has 3 aromatic rings. The summed E-state index contributed by atoms with van der Waals surface area (Å²) < 4.78 is 8.11. The van der Waals surface area contributed by atoms with Crippen molar-refractivity contribution in [3.8, 4) is 5.75 Å². The average Bonchev–Trinajstić information content (AvgIpc) is 3.40. The summed E-state index contributed by atoms with van der Waals surface area (Å²) in [7, 11) is 4.05. The number of carbonyl (C=O) groups excluding carboxylic acids is 1. The number of nitrogens with one attached hydrogen (secondary N) is 3. The Morgan fingerprint density at radius 2 is 1.75 bits per heavy atom. The van der Waals surface area contributed by atoms with Gasteiger partial charge >= 0.3 is 0 Å². The number of carbonyl (C=O) groups is 1.